The van der Waals surface area contributed by atoms with Gasteiger partial charge in [0.25, 0.3) is 0 Å². The molecular weight excluding hydrogens is 397 g/mol. The minimum absolute atomic E-state index is 0. The lowest BCUT2D eigenvalue weighted by atomic mass is 10.1. The van der Waals surface area contributed by atoms with E-state index in [1.54, 1.807) is 14.2 Å². The Hall–Kier alpha value is -1.33. The van der Waals surface area contributed by atoms with E-state index < -0.39 is 0 Å². The average Bonchev–Trinajstić information content (AvgIpc) is 2.61. The molecule has 0 unspecified atom stereocenters. The second-order valence-electron chi connectivity index (χ2n) is 5.44. The molecule has 0 amide bonds. The maximum absolute atomic E-state index is 6.22. The molecule has 0 heterocycles. The lowest BCUT2D eigenvalue weighted by Crippen LogP contribution is -2.16. The zero-order valence-corrected chi connectivity index (χ0v) is 17.4. The normalized spacial score (nSPS) is 10.2. The Balaban J connectivity index is 0.00000338. The molecule has 0 bridgehead atoms. The number of ether oxygens (including phenoxy) is 3. The lowest BCUT2D eigenvalue weighted by molar-refractivity contribution is 0.340. The predicted molar refractivity (Wildman–Crippen MR) is 110 cm³/mol. The fraction of sp³-hybridized carbons (Fsp3) is 0.368. The minimum atomic E-state index is 0. The van der Waals surface area contributed by atoms with Gasteiger partial charge in [-0.15, -0.1) is 12.4 Å². The number of rotatable bonds is 9. The summed E-state index contributed by atoms with van der Waals surface area (Å²) < 4.78 is 16.0. The molecule has 0 spiro atoms. The summed E-state index contributed by atoms with van der Waals surface area (Å²) in [6.07, 6.45) is 0.874. The quantitative estimate of drug-likeness (QED) is 0.569. The summed E-state index contributed by atoms with van der Waals surface area (Å²) in [4.78, 5) is 0. The van der Waals surface area contributed by atoms with Gasteiger partial charge in [0.1, 0.15) is 0 Å². The van der Waals surface area contributed by atoms with Crippen LogP contribution in [0.3, 0.4) is 0 Å². The highest BCUT2D eigenvalue weighted by atomic mass is 35.5. The smallest absolute Gasteiger partial charge is 0.160 e. The molecule has 144 valence electrons. The Morgan fingerprint density at radius 2 is 1.58 bits per heavy atom. The molecule has 0 saturated carbocycles. The van der Waals surface area contributed by atoms with E-state index in [-0.39, 0.29) is 12.4 Å². The predicted octanol–water partition coefficient (Wildman–Crippen LogP) is 5.16. The van der Waals surface area contributed by atoms with Gasteiger partial charge in [-0.2, -0.15) is 0 Å². The van der Waals surface area contributed by atoms with Crippen molar-refractivity contribution < 1.29 is 14.2 Å². The third-order valence-corrected chi connectivity index (χ3v) is 4.28. The van der Waals surface area contributed by atoms with Crippen LogP contribution in [0.15, 0.2) is 30.3 Å². The number of benzene rings is 2. The topological polar surface area (TPSA) is 39.7 Å². The van der Waals surface area contributed by atoms with Crippen LogP contribution in [0.1, 0.15) is 18.1 Å². The van der Waals surface area contributed by atoms with Crippen LogP contribution < -0.4 is 19.5 Å². The van der Waals surface area contributed by atoms with Gasteiger partial charge in [-0.3, -0.25) is 0 Å². The van der Waals surface area contributed by atoms with E-state index in [1.807, 2.05) is 37.3 Å². The first kappa shape index (κ1) is 22.7. The second kappa shape index (κ2) is 11.4. The number of nitrogens with one attached hydrogen (secondary N) is 1. The van der Waals surface area contributed by atoms with Crippen LogP contribution >= 0.6 is 35.6 Å². The van der Waals surface area contributed by atoms with Crippen LogP contribution in [-0.4, -0.2) is 27.4 Å². The Morgan fingerprint density at radius 3 is 2.15 bits per heavy atom. The zero-order valence-electron chi connectivity index (χ0n) is 15.1. The van der Waals surface area contributed by atoms with Crippen molar-refractivity contribution in [2.24, 2.45) is 0 Å². The van der Waals surface area contributed by atoms with Crippen LogP contribution in [0.2, 0.25) is 10.0 Å². The molecule has 2 aromatic carbocycles. The summed E-state index contributed by atoms with van der Waals surface area (Å²) >= 11 is 12.4. The monoisotopic (exact) mass is 419 g/mol. The van der Waals surface area contributed by atoms with Crippen molar-refractivity contribution in [1.29, 1.82) is 0 Å². The van der Waals surface area contributed by atoms with Crippen molar-refractivity contribution >= 4 is 35.6 Å². The van der Waals surface area contributed by atoms with Crippen molar-refractivity contribution in [3.8, 4) is 17.2 Å². The van der Waals surface area contributed by atoms with Gasteiger partial charge in [-0.05, 0) is 55.3 Å². The molecule has 0 aliphatic rings. The van der Waals surface area contributed by atoms with Gasteiger partial charge in [0, 0.05) is 6.54 Å². The average molecular weight is 421 g/mol. The van der Waals surface area contributed by atoms with Crippen LogP contribution in [-0.2, 0) is 13.0 Å². The van der Waals surface area contributed by atoms with Gasteiger partial charge < -0.3 is 19.5 Å². The van der Waals surface area contributed by atoms with E-state index in [0.717, 1.165) is 30.0 Å². The van der Waals surface area contributed by atoms with E-state index in [9.17, 15) is 0 Å². The number of hydrogen-bond donors (Lipinski definition) is 1. The number of halogens is 3. The van der Waals surface area contributed by atoms with E-state index in [1.165, 1.54) is 5.56 Å². The van der Waals surface area contributed by atoms with Crippen LogP contribution in [0.4, 0.5) is 0 Å². The van der Waals surface area contributed by atoms with Gasteiger partial charge in [0.15, 0.2) is 17.2 Å². The Kier molecular flexibility index (Phi) is 9.96. The highest BCUT2D eigenvalue weighted by molar-refractivity contribution is 6.37. The van der Waals surface area contributed by atoms with Crippen molar-refractivity contribution in [2.75, 3.05) is 27.4 Å². The van der Waals surface area contributed by atoms with Crippen molar-refractivity contribution in [3.05, 3.63) is 51.5 Å². The Bertz CT molecular complexity index is 687. The molecule has 0 fully saturated rings. The highest BCUT2D eigenvalue weighted by Crippen LogP contribution is 2.34. The summed E-state index contributed by atoms with van der Waals surface area (Å²) in [5, 5.41) is 4.46. The third kappa shape index (κ3) is 6.13. The Labute approximate surface area is 171 Å². The van der Waals surface area contributed by atoms with Gasteiger partial charge in [-0.1, -0.05) is 29.3 Å². The summed E-state index contributed by atoms with van der Waals surface area (Å²) in [5.41, 5.74) is 2.19. The fourth-order valence-electron chi connectivity index (χ4n) is 2.50. The zero-order chi connectivity index (χ0) is 18.2. The molecule has 0 atom stereocenters. The molecule has 26 heavy (non-hydrogen) atoms. The van der Waals surface area contributed by atoms with Gasteiger partial charge in [0.2, 0.25) is 0 Å². The van der Waals surface area contributed by atoms with Gasteiger partial charge >= 0.3 is 0 Å². The molecule has 0 aliphatic carbocycles. The maximum Gasteiger partial charge on any atom is 0.160 e. The SMILES string of the molecule is CCOc1c(Cl)cc(CNCCc2ccc(OC)c(OC)c2)cc1Cl.Cl. The summed E-state index contributed by atoms with van der Waals surface area (Å²) in [7, 11) is 3.27. The van der Waals surface area contributed by atoms with Crippen molar-refractivity contribution in [3.63, 3.8) is 0 Å². The summed E-state index contributed by atoms with van der Waals surface area (Å²) in [5.74, 6) is 2.02. The van der Waals surface area contributed by atoms with Crippen LogP contribution in [0.5, 0.6) is 17.2 Å². The lowest BCUT2D eigenvalue weighted by Gasteiger charge is -2.12. The molecule has 4 nitrogen and oxygen atoms in total. The summed E-state index contributed by atoms with van der Waals surface area (Å²) in [6.45, 7) is 3.93. The molecule has 7 heteroatoms. The first-order valence-electron chi connectivity index (χ1n) is 8.11. The van der Waals surface area contributed by atoms with Gasteiger partial charge in [-0.25, -0.2) is 0 Å². The second-order valence-corrected chi connectivity index (χ2v) is 6.25. The standard InChI is InChI=1S/C19H23Cl2NO3.ClH/c1-4-25-19-15(20)9-14(10-16(19)21)12-22-8-7-13-5-6-17(23-2)18(11-13)24-3;/h5-6,9-11,22H,4,7-8,12H2,1-3H3;1H. The molecule has 0 saturated heterocycles. The van der Waals surface area contributed by atoms with E-state index in [0.29, 0.717) is 28.9 Å². The fourth-order valence-corrected chi connectivity index (χ4v) is 3.14. The highest BCUT2D eigenvalue weighted by Gasteiger charge is 2.09. The number of hydrogen-bond acceptors (Lipinski definition) is 4. The van der Waals surface area contributed by atoms with E-state index in [2.05, 4.69) is 5.32 Å². The molecule has 0 aliphatic heterocycles. The van der Waals surface area contributed by atoms with Crippen molar-refractivity contribution in [2.45, 2.75) is 19.9 Å². The first-order chi connectivity index (χ1) is 12.1. The van der Waals surface area contributed by atoms with E-state index in [4.69, 9.17) is 37.4 Å². The van der Waals surface area contributed by atoms with E-state index >= 15 is 0 Å². The molecule has 0 aromatic heterocycles. The maximum atomic E-state index is 6.22. The van der Waals surface area contributed by atoms with Crippen LogP contribution in [0, 0.1) is 0 Å². The largest absolute Gasteiger partial charge is 0.493 e. The van der Waals surface area contributed by atoms with Gasteiger partial charge in [0.05, 0.1) is 30.9 Å². The first-order valence-corrected chi connectivity index (χ1v) is 8.87. The molecule has 1 N–H and O–H groups in total. The third-order valence-electron chi connectivity index (χ3n) is 3.71. The molecule has 0 radical (unpaired) electrons. The minimum Gasteiger partial charge on any atom is -0.493 e. The molecule has 2 aromatic rings. The van der Waals surface area contributed by atoms with Crippen molar-refractivity contribution in [1.82, 2.24) is 5.32 Å². The Morgan fingerprint density at radius 1 is 0.923 bits per heavy atom. The summed E-state index contributed by atoms with van der Waals surface area (Å²) in [6, 6.07) is 9.70. The molecule has 2 rings (SSSR count). The number of methoxy groups -OCH3 is 2. The van der Waals surface area contributed by atoms with Crippen LogP contribution in [0.25, 0.3) is 0 Å². The molecular formula is C19H24Cl3NO3.